The van der Waals surface area contributed by atoms with Crippen molar-refractivity contribution >= 4 is 5.97 Å². The Morgan fingerprint density at radius 2 is 2.16 bits per heavy atom. The van der Waals surface area contributed by atoms with Crippen molar-refractivity contribution in [3.05, 3.63) is 23.8 Å². The fourth-order valence-electron chi connectivity index (χ4n) is 2.37. The molecule has 19 heavy (non-hydrogen) atoms. The second-order valence-corrected chi connectivity index (χ2v) is 4.49. The molecule has 1 fully saturated rings. The summed E-state index contributed by atoms with van der Waals surface area (Å²) in [6, 6.07) is 4.61. The zero-order valence-corrected chi connectivity index (χ0v) is 10.2. The lowest BCUT2D eigenvalue weighted by atomic mass is 10.1. The van der Waals surface area contributed by atoms with Crippen LogP contribution in [-0.4, -0.2) is 25.3 Å². The van der Waals surface area contributed by atoms with Gasteiger partial charge in [-0.3, -0.25) is 4.79 Å². The van der Waals surface area contributed by atoms with Crippen molar-refractivity contribution in [2.75, 3.05) is 13.4 Å². The van der Waals surface area contributed by atoms with Gasteiger partial charge < -0.3 is 14.2 Å². The highest BCUT2D eigenvalue weighted by molar-refractivity contribution is 5.80. The molecule has 0 radical (unpaired) electrons. The predicted octanol–water partition coefficient (Wildman–Crippen LogP) is 2.33. The van der Waals surface area contributed by atoms with Gasteiger partial charge in [-0.25, -0.2) is 8.78 Å². The SMILES string of the molecule is CCOC(=O)[C@@H]1[C@@H](c2ccc3c(c2)OCO3)C1(F)F. The van der Waals surface area contributed by atoms with Gasteiger partial charge in [0.2, 0.25) is 6.79 Å². The Hall–Kier alpha value is -1.85. The quantitative estimate of drug-likeness (QED) is 0.791. The van der Waals surface area contributed by atoms with Gasteiger partial charge in [-0.1, -0.05) is 6.07 Å². The smallest absolute Gasteiger partial charge is 0.315 e. The molecule has 4 nitrogen and oxygen atoms in total. The third kappa shape index (κ3) is 1.82. The van der Waals surface area contributed by atoms with Crippen molar-refractivity contribution < 1.29 is 27.8 Å². The monoisotopic (exact) mass is 270 g/mol. The van der Waals surface area contributed by atoms with Gasteiger partial charge in [0.25, 0.3) is 5.92 Å². The van der Waals surface area contributed by atoms with Crippen LogP contribution in [0.3, 0.4) is 0 Å². The number of benzene rings is 1. The Balaban J connectivity index is 1.85. The van der Waals surface area contributed by atoms with E-state index in [4.69, 9.17) is 9.47 Å². The normalized spacial score (nSPS) is 26.1. The molecule has 2 atom stereocenters. The summed E-state index contributed by atoms with van der Waals surface area (Å²) in [5.74, 6) is -5.48. The summed E-state index contributed by atoms with van der Waals surface area (Å²) < 4.78 is 42.3. The Morgan fingerprint density at radius 1 is 1.42 bits per heavy atom. The van der Waals surface area contributed by atoms with Gasteiger partial charge in [0.1, 0.15) is 5.92 Å². The molecule has 0 saturated heterocycles. The first kappa shape index (κ1) is 12.2. The van der Waals surface area contributed by atoms with Crippen LogP contribution in [0, 0.1) is 5.92 Å². The largest absolute Gasteiger partial charge is 0.466 e. The van der Waals surface area contributed by atoms with Crippen molar-refractivity contribution in [3.63, 3.8) is 0 Å². The van der Waals surface area contributed by atoms with Crippen molar-refractivity contribution in [3.8, 4) is 11.5 Å². The number of carbonyl (C=O) groups excluding carboxylic acids is 1. The van der Waals surface area contributed by atoms with Crippen LogP contribution in [0.25, 0.3) is 0 Å². The van der Waals surface area contributed by atoms with Crippen molar-refractivity contribution in [1.29, 1.82) is 0 Å². The third-order valence-corrected chi connectivity index (χ3v) is 3.35. The van der Waals surface area contributed by atoms with Gasteiger partial charge in [-0.2, -0.15) is 0 Å². The van der Waals surface area contributed by atoms with Crippen molar-refractivity contribution in [2.24, 2.45) is 5.92 Å². The van der Waals surface area contributed by atoms with Crippen LogP contribution in [0.5, 0.6) is 11.5 Å². The second-order valence-electron chi connectivity index (χ2n) is 4.49. The molecule has 1 aliphatic heterocycles. The summed E-state index contributed by atoms with van der Waals surface area (Å²) in [6.07, 6.45) is 0. The van der Waals surface area contributed by atoms with Gasteiger partial charge >= 0.3 is 5.97 Å². The van der Waals surface area contributed by atoms with Crippen LogP contribution >= 0.6 is 0 Å². The molecule has 102 valence electrons. The highest BCUT2D eigenvalue weighted by Gasteiger charge is 2.73. The van der Waals surface area contributed by atoms with Crippen LogP contribution in [0.1, 0.15) is 18.4 Å². The molecule has 6 heteroatoms. The first-order valence-electron chi connectivity index (χ1n) is 5.99. The maximum absolute atomic E-state index is 13.7. The lowest BCUT2D eigenvalue weighted by Gasteiger charge is -2.01. The number of hydrogen-bond donors (Lipinski definition) is 0. The number of esters is 1. The van der Waals surface area contributed by atoms with Crippen LogP contribution in [0.4, 0.5) is 8.78 Å². The van der Waals surface area contributed by atoms with Crippen molar-refractivity contribution in [2.45, 2.75) is 18.8 Å². The molecule has 0 N–H and O–H groups in total. The molecule has 1 aliphatic carbocycles. The van der Waals surface area contributed by atoms with E-state index in [1.807, 2.05) is 0 Å². The number of carbonyl (C=O) groups is 1. The summed E-state index contributed by atoms with van der Waals surface area (Å²) in [4.78, 5) is 11.5. The first-order chi connectivity index (χ1) is 9.05. The number of halogens is 2. The van der Waals surface area contributed by atoms with Gasteiger partial charge in [0, 0.05) is 0 Å². The van der Waals surface area contributed by atoms with E-state index in [0.29, 0.717) is 17.1 Å². The molecule has 1 aromatic carbocycles. The molecular weight excluding hydrogens is 258 g/mol. The molecule has 3 rings (SSSR count). The van der Waals surface area contributed by atoms with E-state index in [2.05, 4.69) is 4.74 Å². The fraction of sp³-hybridized carbons (Fsp3) is 0.462. The number of fused-ring (bicyclic) bond motifs is 1. The molecule has 0 aromatic heterocycles. The van der Waals surface area contributed by atoms with Crippen molar-refractivity contribution in [1.82, 2.24) is 0 Å². The minimum atomic E-state index is -3.06. The summed E-state index contributed by atoms with van der Waals surface area (Å²) in [6.45, 7) is 1.77. The molecule has 2 aliphatic rings. The lowest BCUT2D eigenvalue weighted by molar-refractivity contribution is -0.147. The zero-order valence-electron chi connectivity index (χ0n) is 10.2. The Morgan fingerprint density at radius 3 is 2.89 bits per heavy atom. The molecule has 0 bridgehead atoms. The van der Waals surface area contributed by atoms with E-state index in [9.17, 15) is 13.6 Å². The Bertz CT molecular complexity index is 529. The van der Waals surface area contributed by atoms with E-state index < -0.39 is 23.7 Å². The second kappa shape index (κ2) is 4.08. The maximum Gasteiger partial charge on any atom is 0.315 e. The molecule has 0 unspecified atom stereocenters. The molecule has 1 heterocycles. The Labute approximate surface area is 108 Å². The van der Waals surface area contributed by atoms with Crippen LogP contribution < -0.4 is 9.47 Å². The van der Waals surface area contributed by atoms with E-state index in [0.717, 1.165) is 0 Å². The van der Waals surface area contributed by atoms with Crippen LogP contribution in [0.15, 0.2) is 18.2 Å². The molecule has 0 spiro atoms. The summed E-state index contributed by atoms with van der Waals surface area (Å²) in [5, 5.41) is 0. The number of ether oxygens (including phenoxy) is 3. The minimum Gasteiger partial charge on any atom is -0.466 e. The maximum atomic E-state index is 13.7. The molecular formula is C13H12F2O4. The van der Waals surface area contributed by atoms with E-state index in [-0.39, 0.29) is 13.4 Å². The van der Waals surface area contributed by atoms with Gasteiger partial charge in [-0.05, 0) is 24.6 Å². The Kier molecular flexibility index (Phi) is 2.62. The third-order valence-electron chi connectivity index (χ3n) is 3.35. The number of rotatable bonds is 3. The minimum absolute atomic E-state index is 0.0845. The van der Waals surface area contributed by atoms with Gasteiger partial charge in [-0.15, -0.1) is 0 Å². The molecule has 1 aromatic rings. The number of hydrogen-bond acceptors (Lipinski definition) is 4. The lowest BCUT2D eigenvalue weighted by Crippen LogP contribution is -2.11. The van der Waals surface area contributed by atoms with Crippen LogP contribution in [-0.2, 0) is 9.53 Å². The van der Waals surface area contributed by atoms with Gasteiger partial charge in [0.15, 0.2) is 11.5 Å². The fourth-order valence-corrected chi connectivity index (χ4v) is 2.37. The highest BCUT2D eigenvalue weighted by Crippen LogP contribution is 2.62. The zero-order chi connectivity index (χ0) is 13.6. The predicted molar refractivity (Wildman–Crippen MR) is 60.4 cm³/mol. The van der Waals surface area contributed by atoms with E-state index in [1.165, 1.54) is 12.1 Å². The van der Waals surface area contributed by atoms with Crippen LogP contribution in [0.2, 0.25) is 0 Å². The summed E-state index contributed by atoms with van der Waals surface area (Å²) >= 11 is 0. The molecule has 0 amide bonds. The average Bonchev–Trinajstić information content (AvgIpc) is 2.73. The van der Waals surface area contributed by atoms with Gasteiger partial charge in [0.05, 0.1) is 12.5 Å². The average molecular weight is 270 g/mol. The topological polar surface area (TPSA) is 44.8 Å². The standard InChI is InChI=1S/C13H12F2O4/c1-2-17-12(16)11-10(13(11,14)15)7-3-4-8-9(5-7)19-6-18-8/h3-5,10-11H,2,6H2,1H3/t10-,11+/m1/s1. The van der Waals surface area contributed by atoms with E-state index in [1.54, 1.807) is 13.0 Å². The number of alkyl halides is 2. The first-order valence-corrected chi connectivity index (χ1v) is 5.99. The molecule has 1 saturated carbocycles. The highest BCUT2D eigenvalue weighted by atomic mass is 19.3. The van der Waals surface area contributed by atoms with E-state index >= 15 is 0 Å². The summed E-state index contributed by atoms with van der Waals surface area (Å²) in [7, 11) is 0. The summed E-state index contributed by atoms with van der Waals surface area (Å²) in [5.41, 5.74) is 0.368.